The lowest BCUT2D eigenvalue weighted by atomic mass is 10.2. The van der Waals surface area contributed by atoms with Gasteiger partial charge in [-0.3, -0.25) is 4.79 Å². The average molecular weight is 222 g/mol. The van der Waals surface area contributed by atoms with Gasteiger partial charge in [0.25, 0.3) is 0 Å². The molecule has 0 radical (unpaired) electrons. The van der Waals surface area contributed by atoms with Crippen LogP contribution in [0.1, 0.15) is 5.56 Å². The Balaban J connectivity index is 2.24. The van der Waals surface area contributed by atoms with Crippen molar-refractivity contribution in [2.75, 3.05) is 25.2 Å². The van der Waals surface area contributed by atoms with E-state index in [1.165, 1.54) is 5.56 Å². The molecule has 0 bridgehead atoms. The molecule has 0 aliphatic carbocycles. The molecule has 0 atom stereocenters. The Hall–Kier alpha value is -1.000. The molecule has 1 heterocycles. The molecule has 3 nitrogen and oxygen atoms in total. The second kappa shape index (κ2) is 4.24. The molecule has 1 aliphatic heterocycles. The van der Waals surface area contributed by atoms with Crippen LogP contribution in [0.15, 0.2) is 23.1 Å². The van der Waals surface area contributed by atoms with Crippen LogP contribution in [0.5, 0.6) is 0 Å². The standard InChI is InChI=1S/C11H14N2OS/c1-13(2)6-8-3-4-10-9(5-8)12-11(14)7-15-10/h3-5H,6-7H2,1-2H3,(H,12,14). The topological polar surface area (TPSA) is 32.3 Å². The van der Waals surface area contributed by atoms with Crippen LogP contribution in [0.25, 0.3) is 0 Å². The van der Waals surface area contributed by atoms with Gasteiger partial charge in [0.15, 0.2) is 0 Å². The van der Waals surface area contributed by atoms with Crippen LogP contribution < -0.4 is 5.32 Å². The first-order chi connectivity index (χ1) is 7.15. The third-order valence-corrected chi connectivity index (χ3v) is 3.25. The lowest BCUT2D eigenvalue weighted by Crippen LogP contribution is -2.19. The van der Waals surface area contributed by atoms with E-state index in [1.807, 2.05) is 14.1 Å². The van der Waals surface area contributed by atoms with Gasteiger partial charge in [0.1, 0.15) is 0 Å². The summed E-state index contributed by atoms with van der Waals surface area (Å²) in [7, 11) is 4.07. The summed E-state index contributed by atoms with van der Waals surface area (Å²) < 4.78 is 0. The maximum atomic E-state index is 11.2. The van der Waals surface area contributed by atoms with Gasteiger partial charge in [0, 0.05) is 11.4 Å². The normalized spacial score (nSPS) is 15.0. The molecule has 2 rings (SSSR count). The number of amides is 1. The quantitative estimate of drug-likeness (QED) is 0.828. The van der Waals surface area contributed by atoms with Gasteiger partial charge in [0.05, 0.1) is 11.4 Å². The first kappa shape index (κ1) is 10.5. The molecule has 0 aromatic heterocycles. The summed E-state index contributed by atoms with van der Waals surface area (Å²) in [6, 6.07) is 6.25. The van der Waals surface area contributed by atoms with Crippen LogP contribution in [0.2, 0.25) is 0 Å². The minimum atomic E-state index is 0.0921. The smallest absolute Gasteiger partial charge is 0.234 e. The Bertz CT molecular complexity index is 390. The van der Waals surface area contributed by atoms with Crippen LogP contribution in [0.3, 0.4) is 0 Å². The summed E-state index contributed by atoms with van der Waals surface area (Å²) in [5.41, 5.74) is 2.18. The van der Waals surface area contributed by atoms with E-state index in [4.69, 9.17) is 0 Å². The molecule has 1 aromatic rings. The number of hydrogen-bond acceptors (Lipinski definition) is 3. The van der Waals surface area contributed by atoms with Crippen LogP contribution in [-0.4, -0.2) is 30.7 Å². The van der Waals surface area contributed by atoms with E-state index < -0.39 is 0 Å². The molecule has 0 fully saturated rings. The zero-order valence-electron chi connectivity index (χ0n) is 8.91. The molecular formula is C11H14N2OS. The summed E-state index contributed by atoms with van der Waals surface area (Å²) in [6.45, 7) is 0.897. The second-order valence-electron chi connectivity index (χ2n) is 3.91. The van der Waals surface area contributed by atoms with E-state index in [9.17, 15) is 4.79 Å². The van der Waals surface area contributed by atoms with E-state index in [0.29, 0.717) is 5.75 Å². The van der Waals surface area contributed by atoms with Crippen molar-refractivity contribution in [2.45, 2.75) is 11.4 Å². The van der Waals surface area contributed by atoms with Crippen molar-refractivity contribution < 1.29 is 4.79 Å². The maximum Gasteiger partial charge on any atom is 0.234 e. The zero-order chi connectivity index (χ0) is 10.8. The van der Waals surface area contributed by atoms with E-state index in [1.54, 1.807) is 11.8 Å². The Morgan fingerprint density at radius 3 is 3.00 bits per heavy atom. The molecule has 15 heavy (non-hydrogen) atoms. The maximum absolute atomic E-state index is 11.2. The lowest BCUT2D eigenvalue weighted by molar-refractivity contribution is -0.113. The van der Waals surface area contributed by atoms with Gasteiger partial charge in [-0.15, -0.1) is 11.8 Å². The molecule has 0 saturated heterocycles. The molecule has 1 aromatic carbocycles. The highest BCUT2D eigenvalue weighted by Crippen LogP contribution is 2.32. The number of anilines is 1. The number of nitrogens with one attached hydrogen (secondary N) is 1. The van der Waals surface area contributed by atoms with Crippen LogP contribution >= 0.6 is 11.8 Å². The molecule has 0 saturated carbocycles. The van der Waals surface area contributed by atoms with Gasteiger partial charge in [-0.05, 0) is 31.8 Å². The summed E-state index contributed by atoms with van der Waals surface area (Å²) in [5, 5.41) is 2.90. The highest BCUT2D eigenvalue weighted by molar-refractivity contribution is 8.00. The summed E-state index contributed by atoms with van der Waals surface area (Å²) >= 11 is 1.60. The molecule has 1 N–H and O–H groups in total. The summed E-state index contributed by atoms with van der Waals surface area (Å²) in [4.78, 5) is 14.5. The first-order valence-electron chi connectivity index (χ1n) is 4.85. The molecule has 80 valence electrons. The number of benzene rings is 1. The number of carbonyl (C=O) groups is 1. The van der Waals surface area contributed by atoms with Crippen LogP contribution in [0.4, 0.5) is 5.69 Å². The molecule has 4 heteroatoms. The Kier molecular flexibility index (Phi) is 2.98. The van der Waals surface area contributed by atoms with Crippen molar-refractivity contribution in [2.24, 2.45) is 0 Å². The number of rotatable bonds is 2. The molecular weight excluding hydrogens is 208 g/mol. The molecule has 0 unspecified atom stereocenters. The number of carbonyl (C=O) groups excluding carboxylic acids is 1. The zero-order valence-corrected chi connectivity index (χ0v) is 9.73. The summed E-state index contributed by atoms with van der Waals surface area (Å²) in [6.07, 6.45) is 0. The van der Waals surface area contributed by atoms with Crippen molar-refractivity contribution in [3.05, 3.63) is 23.8 Å². The predicted molar refractivity (Wildman–Crippen MR) is 63.2 cm³/mol. The van der Waals surface area contributed by atoms with Crippen molar-refractivity contribution in [3.8, 4) is 0 Å². The Labute approximate surface area is 93.8 Å². The third kappa shape index (κ3) is 2.52. The fourth-order valence-electron chi connectivity index (χ4n) is 1.59. The number of nitrogens with zero attached hydrogens (tertiary/aromatic N) is 1. The number of hydrogen-bond donors (Lipinski definition) is 1. The van der Waals surface area contributed by atoms with Crippen molar-refractivity contribution >= 4 is 23.4 Å². The first-order valence-corrected chi connectivity index (χ1v) is 5.84. The van der Waals surface area contributed by atoms with Crippen molar-refractivity contribution in [1.82, 2.24) is 4.90 Å². The van der Waals surface area contributed by atoms with E-state index in [2.05, 4.69) is 28.4 Å². The van der Waals surface area contributed by atoms with Crippen LogP contribution in [-0.2, 0) is 11.3 Å². The van der Waals surface area contributed by atoms with Crippen molar-refractivity contribution in [3.63, 3.8) is 0 Å². The summed E-state index contributed by atoms with van der Waals surface area (Å²) in [5.74, 6) is 0.620. The highest BCUT2D eigenvalue weighted by atomic mass is 32.2. The van der Waals surface area contributed by atoms with Gasteiger partial charge in [-0.2, -0.15) is 0 Å². The second-order valence-corrected chi connectivity index (χ2v) is 4.92. The van der Waals surface area contributed by atoms with Gasteiger partial charge in [-0.1, -0.05) is 6.07 Å². The fraction of sp³-hybridized carbons (Fsp3) is 0.364. The van der Waals surface area contributed by atoms with Gasteiger partial charge in [0.2, 0.25) is 5.91 Å². The fourth-order valence-corrected chi connectivity index (χ4v) is 2.38. The monoisotopic (exact) mass is 222 g/mol. The number of fused-ring (bicyclic) bond motifs is 1. The largest absolute Gasteiger partial charge is 0.324 e. The number of thioether (sulfide) groups is 1. The lowest BCUT2D eigenvalue weighted by Gasteiger charge is -2.18. The van der Waals surface area contributed by atoms with E-state index in [0.717, 1.165) is 17.1 Å². The molecule has 1 aliphatic rings. The SMILES string of the molecule is CN(C)Cc1ccc2c(c1)NC(=O)CS2. The molecule has 0 spiro atoms. The van der Waals surface area contributed by atoms with Gasteiger partial charge in [-0.25, -0.2) is 0 Å². The Morgan fingerprint density at radius 1 is 1.47 bits per heavy atom. The van der Waals surface area contributed by atoms with E-state index >= 15 is 0 Å². The highest BCUT2D eigenvalue weighted by Gasteiger charge is 2.15. The van der Waals surface area contributed by atoms with E-state index in [-0.39, 0.29) is 5.91 Å². The van der Waals surface area contributed by atoms with Crippen molar-refractivity contribution in [1.29, 1.82) is 0 Å². The minimum Gasteiger partial charge on any atom is -0.324 e. The van der Waals surface area contributed by atoms with Crippen LogP contribution in [0, 0.1) is 0 Å². The minimum absolute atomic E-state index is 0.0921. The molecule has 1 amide bonds. The Morgan fingerprint density at radius 2 is 2.27 bits per heavy atom. The van der Waals surface area contributed by atoms with Gasteiger partial charge >= 0.3 is 0 Å². The van der Waals surface area contributed by atoms with Gasteiger partial charge < -0.3 is 10.2 Å². The predicted octanol–water partition coefficient (Wildman–Crippen LogP) is 1.79. The third-order valence-electron chi connectivity index (χ3n) is 2.18. The average Bonchev–Trinajstić information content (AvgIpc) is 2.16.